The van der Waals surface area contributed by atoms with E-state index in [2.05, 4.69) is 6.92 Å². The van der Waals surface area contributed by atoms with E-state index in [1.807, 2.05) is 60.7 Å². The molecule has 192 valence electrons. The third-order valence-electron chi connectivity index (χ3n) is 6.89. The molecule has 0 saturated heterocycles. The lowest BCUT2D eigenvalue weighted by atomic mass is 9.96. The van der Waals surface area contributed by atoms with Gasteiger partial charge in [0, 0.05) is 25.5 Å². The minimum atomic E-state index is -0.673. The Morgan fingerprint density at radius 1 is 0.571 bits per heavy atom. The number of carbonyl (C=O) groups is 2. The molecule has 0 aliphatic carbocycles. The minimum absolute atomic E-state index is 0.132. The van der Waals surface area contributed by atoms with Gasteiger partial charge in [0.15, 0.2) is 0 Å². The third kappa shape index (κ3) is 10.3. The van der Waals surface area contributed by atoms with Crippen LogP contribution in [-0.4, -0.2) is 25.9 Å². The molecule has 0 aliphatic rings. The van der Waals surface area contributed by atoms with Crippen molar-refractivity contribution in [2.24, 2.45) is 5.92 Å². The van der Waals surface area contributed by atoms with Crippen LogP contribution in [0.5, 0.6) is 0 Å². The van der Waals surface area contributed by atoms with Crippen molar-refractivity contribution in [3.63, 3.8) is 0 Å². The van der Waals surface area contributed by atoms with E-state index in [0.717, 1.165) is 24.2 Å². The highest BCUT2D eigenvalue weighted by molar-refractivity contribution is 6.12. The van der Waals surface area contributed by atoms with Gasteiger partial charge in [-0.15, -0.1) is 0 Å². The van der Waals surface area contributed by atoms with Crippen LogP contribution in [-0.2, 0) is 9.59 Å². The maximum absolute atomic E-state index is 13.4. The highest BCUT2D eigenvalue weighted by Gasteiger charge is 2.32. The van der Waals surface area contributed by atoms with Gasteiger partial charge in [0.05, 0.1) is 0 Å². The molecular formula is C31H46N2O2. The first-order valence-electron chi connectivity index (χ1n) is 13.7. The number of anilines is 2. The van der Waals surface area contributed by atoms with Crippen molar-refractivity contribution in [2.75, 3.05) is 23.9 Å². The number of unbranched alkanes of at least 4 members (excludes halogenated alkanes) is 11. The summed E-state index contributed by atoms with van der Waals surface area (Å²) in [4.78, 5) is 30.1. The van der Waals surface area contributed by atoms with Crippen LogP contribution in [0.25, 0.3) is 0 Å². The van der Waals surface area contributed by atoms with Gasteiger partial charge in [-0.05, 0) is 30.7 Å². The second-order valence-corrected chi connectivity index (χ2v) is 9.70. The molecule has 2 rings (SSSR count). The molecule has 2 amide bonds. The van der Waals surface area contributed by atoms with E-state index in [1.54, 1.807) is 23.9 Å². The number of amides is 2. The maximum atomic E-state index is 13.4. The van der Waals surface area contributed by atoms with Crippen molar-refractivity contribution in [1.82, 2.24) is 0 Å². The smallest absolute Gasteiger partial charge is 0.239 e. The van der Waals surface area contributed by atoms with E-state index in [1.165, 1.54) is 64.2 Å². The van der Waals surface area contributed by atoms with E-state index >= 15 is 0 Å². The molecule has 4 nitrogen and oxygen atoms in total. The van der Waals surface area contributed by atoms with Crippen molar-refractivity contribution in [3.8, 4) is 0 Å². The molecule has 2 aromatic rings. The Morgan fingerprint density at radius 2 is 0.914 bits per heavy atom. The molecule has 0 atom stereocenters. The molecule has 0 fully saturated rings. The Bertz CT molecular complexity index is 780. The zero-order valence-electron chi connectivity index (χ0n) is 22.3. The summed E-state index contributed by atoms with van der Waals surface area (Å²) >= 11 is 0. The molecule has 0 unspecified atom stereocenters. The molecule has 0 saturated carbocycles. The predicted molar refractivity (Wildman–Crippen MR) is 149 cm³/mol. The van der Waals surface area contributed by atoms with Crippen molar-refractivity contribution in [2.45, 2.75) is 90.4 Å². The predicted octanol–water partition coefficient (Wildman–Crippen LogP) is 8.02. The molecule has 0 N–H and O–H groups in total. The van der Waals surface area contributed by atoms with Crippen molar-refractivity contribution < 1.29 is 9.59 Å². The second-order valence-electron chi connectivity index (χ2n) is 9.70. The molecule has 0 radical (unpaired) electrons. The number of hydrogen-bond acceptors (Lipinski definition) is 2. The minimum Gasteiger partial charge on any atom is -0.315 e. The third-order valence-corrected chi connectivity index (χ3v) is 6.89. The number of para-hydroxylation sites is 2. The van der Waals surface area contributed by atoms with Gasteiger partial charge >= 0.3 is 0 Å². The maximum Gasteiger partial charge on any atom is 0.239 e. The van der Waals surface area contributed by atoms with Crippen LogP contribution < -0.4 is 9.80 Å². The lowest BCUT2D eigenvalue weighted by Gasteiger charge is -2.27. The van der Waals surface area contributed by atoms with Crippen molar-refractivity contribution in [1.29, 1.82) is 0 Å². The largest absolute Gasteiger partial charge is 0.315 e. The van der Waals surface area contributed by atoms with Gasteiger partial charge in [-0.2, -0.15) is 0 Å². The van der Waals surface area contributed by atoms with Crippen LogP contribution in [0.15, 0.2) is 60.7 Å². The standard InChI is InChI=1S/C31H46N2O2/c1-4-5-6-7-8-9-10-11-12-13-14-21-26-29(30(34)32(2)27-22-17-15-18-23-27)31(35)33(3)28-24-19-16-20-25-28/h15-20,22-25,29H,4-14,21,26H2,1-3H3. The van der Waals surface area contributed by atoms with Crippen LogP contribution >= 0.6 is 0 Å². The first-order chi connectivity index (χ1) is 17.1. The van der Waals surface area contributed by atoms with Gasteiger partial charge in [-0.25, -0.2) is 0 Å². The molecule has 0 aliphatic heterocycles. The van der Waals surface area contributed by atoms with Gasteiger partial charge in [-0.3, -0.25) is 9.59 Å². The number of benzene rings is 2. The Morgan fingerprint density at radius 3 is 1.29 bits per heavy atom. The summed E-state index contributed by atoms with van der Waals surface area (Å²) in [5.74, 6) is -0.937. The van der Waals surface area contributed by atoms with Gasteiger partial charge in [-0.1, -0.05) is 120 Å². The molecule has 35 heavy (non-hydrogen) atoms. The Kier molecular flexibility index (Phi) is 13.8. The van der Waals surface area contributed by atoms with Crippen LogP contribution in [0, 0.1) is 5.92 Å². The molecule has 4 heteroatoms. The number of carbonyl (C=O) groups excluding carboxylic acids is 2. The molecule has 0 spiro atoms. The number of hydrogen-bond donors (Lipinski definition) is 0. The monoisotopic (exact) mass is 478 g/mol. The van der Waals surface area contributed by atoms with E-state index in [-0.39, 0.29) is 11.8 Å². The van der Waals surface area contributed by atoms with Crippen LogP contribution in [0.4, 0.5) is 11.4 Å². The number of rotatable bonds is 17. The number of nitrogens with zero attached hydrogens (tertiary/aromatic N) is 2. The lowest BCUT2D eigenvalue weighted by molar-refractivity contribution is -0.132. The highest BCUT2D eigenvalue weighted by Crippen LogP contribution is 2.23. The van der Waals surface area contributed by atoms with E-state index in [0.29, 0.717) is 6.42 Å². The van der Waals surface area contributed by atoms with Gasteiger partial charge < -0.3 is 9.80 Å². The van der Waals surface area contributed by atoms with Crippen LogP contribution in [0.1, 0.15) is 90.4 Å². The summed E-state index contributed by atoms with van der Waals surface area (Å²) in [6, 6.07) is 19.1. The molecule has 0 aromatic heterocycles. The summed E-state index contributed by atoms with van der Waals surface area (Å²) in [6.07, 6.45) is 15.8. The van der Waals surface area contributed by atoms with Crippen LogP contribution in [0.3, 0.4) is 0 Å². The summed E-state index contributed by atoms with van der Waals surface area (Å²) in [5.41, 5.74) is 1.62. The van der Waals surface area contributed by atoms with Gasteiger partial charge in [0.25, 0.3) is 0 Å². The zero-order valence-corrected chi connectivity index (χ0v) is 22.3. The van der Waals surface area contributed by atoms with Gasteiger partial charge in [0.2, 0.25) is 11.8 Å². The summed E-state index contributed by atoms with van der Waals surface area (Å²) in [7, 11) is 3.53. The van der Waals surface area contributed by atoms with Crippen LogP contribution in [0.2, 0.25) is 0 Å². The van der Waals surface area contributed by atoms with Crippen molar-refractivity contribution in [3.05, 3.63) is 60.7 Å². The first-order valence-corrected chi connectivity index (χ1v) is 13.7. The SMILES string of the molecule is CCCCCCCCCCCCCCC(C(=O)N(C)c1ccccc1)C(=O)N(C)c1ccccc1. The topological polar surface area (TPSA) is 40.6 Å². The van der Waals surface area contributed by atoms with E-state index in [9.17, 15) is 9.59 Å². The Hall–Kier alpha value is -2.62. The normalized spacial score (nSPS) is 11.0. The summed E-state index contributed by atoms with van der Waals surface area (Å²) in [6.45, 7) is 2.26. The van der Waals surface area contributed by atoms with E-state index in [4.69, 9.17) is 0 Å². The fourth-order valence-corrected chi connectivity index (χ4v) is 4.57. The average molecular weight is 479 g/mol. The fraction of sp³-hybridized carbons (Fsp3) is 0.548. The Labute approximate surface area is 213 Å². The Balaban J connectivity index is 1.84. The molecule has 0 bridgehead atoms. The summed E-state index contributed by atoms with van der Waals surface area (Å²) in [5, 5.41) is 0. The summed E-state index contributed by atoms with van der Waals surface area (Å²) < 4.78 is 0. The molecule has 0 heterocycles. The second kappa shape index (κ2) is 16.9. The van der Waals surface area contributed by atoms with E-state index < -0.39 is 5.92 Å². The molecule has 2 aromatic carbocycles. The van der Waals surface area contributed by atoms with Crippen molar-refractivity contribution >= 4 is 23.2 Å². The quantitative estimate of drug-likeness (QED) is 0.171. The average Bonchev–Trinajstić information content (AvgIpc) is 2.91. The first kappa shape index (κ1) is 28.6. The van der Waals surface area contributed by atoms with Gasteiger partial charge in [0.1, 0.15) is 5.92 Å². The fourth-order valence-electron chi connectivity index (χ4n) is 4.57. The molecular weight excluding hydrogens is 432 g/mol. The lowest BCUT2D eigenvalue weighted by Crippen LogP contribution is -2.43. The zero-order chi connectivity index (χ0) is 25.3. The highest BCUT2D eigenvalue weighted by atomic mass is 16.2.